The first-order valence-electron chi connectivity index (χ1n) is 6.65. The van der Waals surface area contributed by atoms with E-state index in [1.165, 1.54) is 24.3 Å². The van der Waals surface area contributed by atoms with Gasteiger partial charge in [-0.05, 0) is 24.3 Å². The van der Waals surface area contributed by atoms with E-state index in [0.717, 1.165) is 0 Å². The summed E-state index contributed by atoms with van der Waals surface area (Å²) in [5, 5.41) is 11.4. The van der Waals surface area contributed by atoms with Crippen LogP contribution < -0.4 is 5.32 Å². The summed E-state index contributed by atoms with van der Waals surface area (Å²) in [6.45, 7) is -0.478. The van der Waals surface area contributed by atoms with Crippen LogP contribution in [0.25, 0.3) is 0 Å². The zero-order chi connectivity index (χ0) is 16.7. The van der Waals surface area contributed by atoms with Gasteiger partial charge in [-0.15, -0.1) is 0 Å². The molecule has 0 aliphatic carbocycles. The lowest BCUT2D eigenvalue weighted by Crippen LogP contribution is -2.21. The Morgan fingerprint density at radius 1 is 1.13 bits per heavy atom. The minimum atomic E-state index is -0.675. The largest absolute Gasteiger partial charge is 0.452 e. The highest BCUT2D eigenvalue weighted by Gasteiger charge is 2.11. The van der Waals surface area contributed by atoms with Gasteiger partial charge in [0, 0.05) is 5.56 Å². The molecule has 114 valence electrons. The molecule has 1 amide bonds. The molecule has 0 saturated heterocycles. The second-order valence-corrected chi connectivity index (χ2v) is 4.52. The molecule has 6 heteroatoms. The third-order valence-corrected chi connectivity index (χ3v) is 2.94. The first-order valence-corrected chi connectivity index (χ1v) is 6.65. The number of carbonyl (C=O) groups is 3. The Morgan fingerprint density at radius 2 is 1.83 bits per heavy atom. The maximum absolute atomic E-state index is 11.8. The molecular weight excluding hydrogens is 296 g/mol. The van der Waals surface area contributed by atoms with Crippen molar-refractivity contribution in [2.24, 2.45) is 0 Å². The Bertz CT molecular complexity index is 776. The number of nitriles is 1. The van der Waals surface area contributed by atoms with E-state index in [2.05, 4.69) is 5.32 Å². The average Bonchev–Trinajstić information content (AvgIpc) is 2.60. The quantitative estimate of drug-likeness (QED) is 0.674. The molecule has 2 rings (SSSR count). The summed E-state index contributed by atoms with van der Waals surface area (Å²) in [4.78, 5) is 34.1. The van der Waals surface area contributed by atoms with Crippen molar-refractivity contribution in [1.82, 2.24) is 0 Å². The van der Waals surface area contributed by atoms with Gasteiger partial charge in [-0.3, -0.25) is 9.59 Å². The molecule has 0 aliphatic heterocycles. The summed E-state index contributed by atoms with van der Waals surface area (Å²) in [5.41, 5.74) is 1.34. The number of benzene rings is 2. The van der Waals surface area contributed by atoms with Crippen LogP contribution in [-0.2, 0) is 9.53 Å². The van der Waals surface area contributed by atoms with E-state index in [0.29, 0.717) is 23.1 Å². The smallest absolute Gasteiger partial charge is 0.338 e. The fourth-order valence-corrected chi connectivity index (χ4v) is 1.79. The molecule has 23 heavy (non-hydrogen) atoms. The number of para-hydroxylation sites is 1. The fraction of sp³-hybridized carbons (Fsp3) is 0.0588. The first-order chi connectivity index (χ1) is 11.1. The number of esters is 1. The number of nitrogens with zero attached hydrogens (tertiary/aromatic N) is 1. The second kappa shape index (κ2) is 7.52. The van der Waals surface area contributed by atoms with Crippen LogP contribution in [0.1, 0.15) is 26.3 Å². The molecule has 0 heterocycles. The number of amides is 1. The van der Waals surface area contributed by atoms with Crippen LogP contribution in [0.5, 0.6) is 0 Å². The molecule has 0 aromatic heterocycles. The third kappa shape index (κ3) is 4.25. The van der Waals surface area contributed by atoms with E-state index in [9.17, 15) is 14.4 Å². The van der Waals surface area contributed by atoms with Crippen LogP contribution in [0, 0.1) is 11.3 Å². The summed E-state index contributed by atoms with van der Waals surface area (Å²) in [5.74, 6) is -1.23. The average molecular weight is 308 g/mol. The van der Waals surface area contributed by atoms with Crippen molar-refractivity contribution >= 4 is 23.9 Å². The molecule has 2 aromatic carbocycles. The van der Waals surface area contributed by atoms with Crippen molar-refractivity contribution in [3.8, 4) is 6.07 Å². The second-order valence-electron chi connectivity index (χ2n) is 4.52. The molecule has 0 radical (unpaired) electrons. The lowest BCUT2D eigenvalue weighted by Gasteiger charge is -2.07. The van der Waals surface area contributed by atoms with E-state index in [-0.39, 0.29) is 5.56 Å². The Balaban J connectivity index is 1.92. The number of aldehydes is 1. The molecule has 0 spiro atoms. The van der Waals surface area contributed by atoms with Crippen molar-refractivity contribution in [3.05, 3.63) is 65.2 Å². The molecule has 0 atom stereocenters. The van der Waals surface area contributed by atoms with Crippen LogP contribution in [0.4, 0.5) is 5.69 Å². The Hall–Kier alpha value is -3.46. The highest BCUT2D eigenvalue weighted by molar-refractivity contribution is 5.96. The monoisotopic (exact) mass is 308 g/mol. The number of carbonyl (C=O) groups excluding carboxylic acids is 3. The summed E-state index contributed by atoms with van der Waals surface area (Å²) in [6.07, 6.45) is 0.662. The van der Waals surface area contributed by atoms with Gasteiger partial charge in [-0.1, -0.05) is 24.3 Å². The van der Waals surface area contributed by atoms with Gasteiger partial charge >= 0.3 is 5.97 Å². The Kier molecular flexibility index (Phi) is 5.21. The standard InChI is InChI=1S/C17H12N2O4/c18-9-14-3-1-2-4-15(14)19-16(21)11-23-17(22)13-7-5-12(10-20)6-8-13/h1-8,10H,11H2,(H,19,21). The highest BCUT2D eigenvalue weighted by atomic mass is 16.5. The minimum absolute atomic E-state index is 0.237. The van der Waals surface area contributed by atoms with Crippen LogP contribution in [0.2, 0.25) is 0 Å². The summed E-state index contributed by atoms with van der Waals surface area (Å²) >= 11 is 0. The van der Waals surface area contributed by atoms with Crippen LogP contribution >= 0.6 is 0 Å². The van der Waals surface area contributed by atoms with Crippen molar-refractivity contribution in [3.63, 3.8) is 0 Å². The molecule has 0 saturated carbocycles. The van der Waals surface area contributed by atoms with Gasteiger partial charge in [0.2, 0.25) is 0 Å². The first kappa shape index (κ1) is 15.9. The van der Waals surface area contributed by atoms with Gasteiger partial charge in [0.05, 0.1) is 16.8 Å². The van der Waals surface area contributed by atoms with E-state index in [1.54, 1.807) is 24.3 Å². The van der Waals surface area contributed by atoms with Crippen LogP contribution in [0.15, 0.2) is 48.5 Å². The Morgan fingerprint density at radius 3 is 2.48 bits per heavy atom. The van der Waals surface area contributed by atoms with Gasteiger partial charge in [0.1, 0.15) is 12.4 Å². The van der Waals surface area contributed by atoms with Gasteiger partial charge in [-0.25, -0.2) is 4.79 Å². The molecule has 0 aliphatic rings. The molecular formula is C17H12N2O4. The normalized spacial score (nSPS) is 9.52. The zero-order valence-electron chi connectivity index (χ0n) is 12.0. The molecule has 0 bridgehead atoms. The summed E-state index contributed by atoms with van der Waals surface area (Å²) in [7, 11) is 0. The van der Waals surface area contributed by atoms with Gasteiger partial charge in [0.15, 0.2) is 6.61 Å². The summed E-state index contributed by atoms with van der Waals surface area (Å²) < 4.78 is 4.89. The number of rotatable bonds is 5. The van der Waals surface area contributed by atoms with Crippen molar-refractivity contribution in [1.29, 1.82) is 5.26 Å². The van der Waals surface area contributed by atoms with Gasteiger partial charge < -0.3 is 10.1 Å². The van der Waals surface area contributed by atoms with Crippen molar-refractivity contribution < 1.29 is 19.1 Å². The molecule has 0 fully saturated rings. The topological polar surface area (TPSA) is 96.3 Å². The lowest BCUT2D eigenvalue weighted by atomic mass is 10.1. The Labute approximate surface area is 132 Å². The maximum atomic E-state index is 11.8. The van der Waals surface area contributed by atoms with Crippen molar-refractivity contribution in [2.75, 3.05) is 11.9 Å². The SMILES string of the molecule is N#Cc1ccccc1NC(=O)COC(=O)c1ccc(C=O)cc1. The molecule has 6 nitrogen and oxygen atoms in total. The maximum Gasteiger partial charge on any atom is 0.338 e. The zero-order valence-corrected chi connectivity index (χ0v) is 12.0. The van der Waals surface area contributed by atoms with Gasteiger partial charge in [-0.2, -0.15) is 5.26 Å². The number of hydrogen-bond acceptors (Lipinski definition) is 5. The third-order valence-electron chi connectivity index (χ3n) is 2.94. The molecule has 2 aromatic rings. The lowest BCUT2D eigenvalue weighted by molar-refractivity contribution is -0.119. The number of anilines is 1. The predicted octanol–water partition coefficient (Wildman–Crippen LogP) is 2.17. The minimum Gasteiger partial charge on any atom is -0.452 e. The van der Waals surface area contributed by atoms with E-state index in [4.69, 9.17) is 10.00 Å². The van der Waals surface area contributed by atoms with E-state index >= 15 is 0 Å². The summed E-state index contributed by atoms with van der Waals surface area (Å²) in [6, 6.07) is 14.3. The fourth-order valence-electron chi connectivity index (χ4n) is 1.79. The van der Waals surface area contributed by atoms with Crippen molar-refractivity contribution in [2.45, 2.75) is 0 Å². The highest BCUT2D eigenvalue weighted by Crippen LogP contribution is 2.13. The van der Waals surface area contributed by atoms with Gasteiger partial charge in [0.25, 0.3) is 5.91 Å². The number of hydrogen-bond donors (Lipinski definition) is 1. The van der Waals surface area contributed by atoms with Crippen LogP contribution in [-0.4, -0.2) is 24.8 Å². The number of nitrogens with one attached hydrogen (secondary N) is 1. The molecule has 1 N–H and O–H groups in total. The number of ether oxygens (including phenoxy) is 1. The molecule has 0 unspecified atom stereocenters. The van der Waals surface area contributed by atoms with E-state index < -0.39 is 18.5 Å². The van der Waals surface area contributed by atoms with Crippen LogP contribution in [0.3, 0.4) is 0 Å². The van der Waals surface area contributed by atoms with E-state index in [1.807, 2.05) is 6.07 Å². The predicted molar refractivity (Wildman–Crippen MR) is 81.9 cm³/mol.